The van der Waals surface area contributed by atoms with Gasteiger partial charge in [-0.3, -0.25) is 14.6 Å². The minimum absolute atomic E-state index is 0.00126. The fraction of sp³-hybridized carbons (Fsp3) is 0.529. The molecule has 0 spiro atoms. The third-order valence-corrected chi connectivity index (χ3v) is 9.46. The molecule has 1 atom stereocenters. The number of hydrogen-bond donors (Lipinski definition) is 0. The van der Waals surface area contributed by atoms with Crippen LogP contribution in [0.25, 0.3) is 0 Å². The number of nitrogens with zero attached hydrogens (tertiary/aromatic N) is 6. The van der Waals surface area contributed by atoms with Gasteiger partial charge in [-0.25, -0.2) is 4.68 Å². The number of aryl methyl sites for hydroxylation is 1. The van der Waals surface area contributed by atoms with Crippen LogP contribution in [0.1, 0.15) is 25.7 Å². The van der Waals surface area contributed by atoms with Crippen molar-refractivity contribution in [3.05, 3.63) is 70.1 Å². The number of fused-ring (bicyclic) bond motifs is 1. The van der Waals surface area contributed by atoms with Gasteiger partial charge in [0.2, 0.25) is 0 Å². The molecule has 3 aliphatic heterocycles. The van der Waals surface area contributed by atoms with E-state index in [2.05, 4.69) is 36.8 Å². The quantitative estimate of drug-likeness (QED) is 0.271. The van der Waals surface area contributed by atoms with E-state index in [-0.39, 0.29) is 16.7 Å². The van der Waals surface area contributed by atoms with Gasteiger partial charge in [0.25, 0.3) is 5.56 Å². The van der Waals surface area contributed by atoms with Gasteiger partial charge in [0, 0.05) is 65.4 Å². The van der Waals surface area contributed by atoms with E-state index in [1.165, 1.54) is 10.4 Å². The third kappa shape index (κ3) is 7.85. The van der Waals surface area contributed by atoms with E-state index in [4.69, 9.17) is 25.8 Å². The lowest BCUT2D eigenvalue weighted by atomic mass is 10.1. The van der Waals surface area contributed by atoms with Gasteiger partial charge >= 0.3 is 0 Å². The average molecular weight is 637 g/mol. The Kier molecular flexibility index (Phi) is 10.6. The van der Waals surface area contributed by atoms with Gasteiger partial charge in [0.15, 0.2) is 11.5 Å². The average Bonchev–Trinajstić information content (AvgIpc) is 3.09. The number of halogens is 1. The lowest BCUT2D eigenvalue weighted by Crippen LogP contribution is -2.51. The normalized spacial score (nSPS) is 19.1. The lowest BCUT2D eigenvalue weighted by molar-refractivity contribution is 0.0571. The molecule has 0 radical (unpaired) electrons. The summed E-state index contributed by atoms with van der Waals surface area (Å²) in [4.78, 5) is 22.5. The van der Waals surface area contributed by atoms with E-state index < -0.39 is 0 Å². The SMILES string of the molecule is COc1ccccc1N1CCN(CCCCCCn2ncc(N3CCN(CC4COc5ccccc5O4)CC3)c(Cl)c2=O)CC1. The summed E-state index contributed by atoms with van der Waals surface area (Å²) in [5, 5.41) is 4.76. The van der Waals surface area contributed by atoms with Crippen molar-refractivity contribution in [2.45, 2.75) is 38.3 Å². The predicted molar refractivity (Wildman–Crippen MR) is 179 cm³/mol. The molecule has 0 amide bonds. The molecule has 11 heteroatoms. The Hall–Kier alpha value is -3.47. The number of anilines is 2. The fourth-order valence-corrected chi connectivity index (χ4v) is 6.77. The number of ether oxygens (including phenoxy) is 3. The highest BCUT2D eigenvalue weighted by molar-refractivity contribution is 6.33. The van der Waals surface area contributed by atoms with Crippen molar-refractivity contribution in [2.75, 3.05) is 89.0 Å². The molecule has 3 aliphatic rings. The molecule has 2 saturated heterocycles. The van der Waals surface area contributed by atoms with Crippen molar-refractivity contribution < 1.29 is 14.2 Å². The van der Waals surface area contributed by atoms with Crippen molar-refractivity contribution in [1.82, 2.24) is 19.6 Å². The molecule has 2 aromatic carbocycles. The molecule has 0 saturated carbocycles. The second-order valence-corrected chi connectivity index (χ2v) is 12.5. The summed E-state index contributed by atoms with van der Waals surface area (Å²) in [6.07, 6.45) is 6.05. The summed E-state index contributed by atoms with van der Waals surface area (Å²) in [6, 6.07) is 16.1. The number of unbranched alkanes of at least 4 members (excludes halogenated alkanes) is 3. The smallest absolute Gasteiger partial charge is 0.287 e. The van der Waals surface area contributed by atoms with Crippen molar-refractivity contribution in [1.29, 1.82) is 0 Å². The number of aromatic nitrogens is 2. The van der Waals surface area contributed by atoms with E-state index in [0.717, 1.165) is 114 Å². The summed E-state index contributed by atoms with van der Waals surface area (Å²) in [7, 11) is 1.74. The van der Waals surface area contributed by atoms with Gasteiger partial charge in [-0.1, -0.05) is 48.7 Å². The van der Waals surface area contributed by atoms with Crippen LogP contribution in [-0.2, 0) is 6.54 Å². The van der Waals surface area contributed by atoms with Crippen LogP contribution < -0.4 is 29.6 Å². The number of rotatable bonds is 12. The molecular formula is C34H45ClN6O4. The largest absolute Gasteiger partial charge is 0.495 e. The van der Waals surface area contributed by atoms with Crippen LogP contribution in [-0.4, -0.2) is 105 Å². The first kappa shape index (κ1) is 31.5. The number of methoxy groups -OCH3 is 1. The van der Waals surface area contributed by atoms with Crippen molar-refractivity contribution >= 4 is 23.0 Å². The molecule has 2 fully saturated rings. The zero-order chi connectivity index (χ0) is 31.0. The van der Waals surface area contributed by atoms with Crippen LogP contribution in [0.15, 0.2) is 59.5 Å². The van der Waals surface area contributed by atoms with Gasteiger partial charge in [0.1, 0.15) is 23.5 Å². The van der Waals surface area contributed by atoms with Gasteiger partial charge in [-0.15, -0.1) is 0 Å². The maximum Gasteiger partial charge on any atom is 0.287 e. The van der Waals surface area contributed by atoms with Gasteiger partial charge in [0.05, 0.1) is 24.7 Å². The molecule has 0 bridgehead atoms. The molecule has 10 nitrogen and oxygen atoms in total. The maximum atomic E-state index is 13.0. The number of piperazine rings is 2. The summed E-state index contributed by atoms with van der Waals surface area (Å²) in [6.45, 7) is 10.5. The monoisotopic (exact) mass is 636 g/mol. The van der Waals surface area contributed by atoms with Crippen molar-refractivity contribution in [3.63, 3.8) is 0 Å². The van der Waals surface area contributed by atoms with Crippen LogP contribution in [0, 0.1) is 0 Å². The Labute approximate surface area is 271 Å². The van der Waals surface area contributed by atoms with Crippen LogP contribution in [0.3, 0.4) is 0 Å². The molecule has 242 valence electrons. The van der Waals surface area contributed by atoms with E-state index in [1.807, 2.05) is 36.4 Å². The number of hydrogen-bond acceptors (Lipinski definition) is 9. The van der Waals surface area contributed by atoms with E-state index in [0.29, 0.717) is 13.2 Å². The zero-order valence-corrected chi connectivity index (χ0v) is 27.0. The summed E-state index contributed by atoms with van der Waals surface area (Å²) in [5.41, 5.74) is 1.72. The fourth-order valence-electron chi connectivity index (χ4n) is 6.50. The zero-order valence-electron chi connectivity index (χ0n) is 26.3. The highest BCUT2D eigenvalue weighted by Gasteiger charge is 2.27. The van der Waals surface area contributed by atoms with Gasteiger partial charge < -0.3 is 24.0 Å². The first-order chi connectivity index (χ1) is 22.1. The summed E-state index contributed by atoms with van der Waals surface area (Å²) >= 11 is 6.61. The van der Waals surface area contributed by atoms with E-state index >= 15 is 0 Å². The van der Waals surface area contributed by atoms with Gasteiger partial charge in [-0.05, 0) is 43.7 Å². The molecule has 6 rings (SSSR count). The first-order valence-corrected chi connectivity index (χ1v) is 16.7. The Bertz CT molecular complexity index is 1450. The Morgan fingerprint density at radius 2 is 1.44 bits per heavy atom. The minimum atomic E-state index is -0.198. The second-order valence-electron chi connectivity index (χ2n) is 12.1. The van der Waals surface area contributed by atoms with Crippen LogP contribution >= 0.6 is 11.6 Å². The molecular weight excluding hydrogens is 592 g/mol. The van der Waals surface area contributed by atoms with E-state index in [9.17, 15) is 4.79 Å². The van der Waals surface area contributed by atoms with Crippen molar-refractivity contribution in [2.24, 2.45) is 0 Å². The molecule has 3 aromatic rings. The van der Waals surface area contributed by atoms with Crippen LogP contribution in [0.2, 0.25) is 5.02 Å². The second kappa shape index (κ2) is 15.2. The van der Waals surface area contributed by atoms with Crippen molar-refractivity contribution in [3.8, 4) is 17.2 Å². The highest BCUT2D eigenvalue weighted by Crippen LogP contribution is 2.31. The molecule has 1 aromatic heterocycles. The first-order valence-electron chi connectivity index (χ1n) is 16.3. The standard InChI is InChI=1S/C34H45ClN6O4/c1-43-30-11-5-4-10-28(30)39-20-16-37(17-21-39)14-8-2-3-9-15-41-34(42)33(35)29(24-36-41)40-22-18-38(19-23-40)25-27-26-44-31-12-6-7-13-32(31)45-27/h4-7,10-13,24,27H,2-3,8-9,14-23,25-26H2,1H3. The highest BCUT2D eigenvalue weighted by atomic mass is 35.5. The topological polar surface area (TPSA) is 75.5 Å². The molecule has 1 unspecified atom stereocenters. The Morgan fingerprint density at radius 1 is 0.800 bits per heavy atom. The van der Waals surface area contributed by atoms with E-state index in [1.54, 1.807) is 13.3 Å². The number of benzene rings is 2. The molecule has 0 N–H and O–H groups in total. The van der Waals surface area contributed by atoms with Crippen LogP contribution in [0.4, 0.5) is 11.4 Å². The third-order valence-electron chi connectivity index (χ3n) is 9.10. The Morgan fingerprint density at radius 3 is 2.20 bits per heavy atom. The van der Waals surface area contributed by atoms with Crippen LogP contribution in [0.5, 0.6) is 17.2 Å². The van der Waals surface area contributed by atoms with Gasteiger partial charge in [-0.2, -0.15) is 5.10 Å². The maximum absolute atomic E-state index is 13.0. The lowest BCUT2D eigenvalue weighted by Gasteiger charge is -2.38. The number of para-hydroxylation sites is 4. The predicted octanol–water partition coefficient (Wildman–Crippen LogP) is 4.25. The minimum Gasteiger partial charge on any atom is -0.495 e. The molecule has 45 heavy (non-hydrogen) atoms. The molecule has 0 aliphatic carbocycles. The summed E-state index contributed by atoms with van der Waals surface area (Å²) in [5.74, 6) is 2.56. The molecule has 4 heterocycles. The Balaban J connectivity index is 0.878. The summed E-state index contributed by atoms with van der Waals surface area (Å²) < 4.78 is 19.1.